The monoisotopic (exact) mass is 338 g/mol. The number of fused-ring (bicyclic) bond motifs is 1. The molecule has 1 heterocycles. The molecule has 0 spiro atoms. The number of anilines is 1. The average molecular weight is 338 g/mol. The number of amides is 3. The van der Waals surface area contributed by atoms with Gasteiger partial charge in [-0.2, -0.15) is 0 Å². The molecule has 2 aromatic rings. The number of hydrogen-bond donors (Lipinski definition) is 2. The zero-order valence-electron chi connectivity index (χ0n) is 13.6. The summed E-state index contributed by atoms with van der Waals surface area (Å²) in [4.78, 5) is 37.8. The van der Waals surface area contributed by atoms with Crippen molar-refractivity contribution in [2.24, 2.45) is 0 Å². The van der Waals surface area contributed by atoms with Crippen molar-refractivity contribution in [1.29, 1.82) is 0 Å². The minimum Gasteiger partial charge on any atom is -0.392 e. The van der Waals surface area contributed by atoms with Crippen molar-refractivity contribution >= 4 is 23.4 Å². The van der Waals surface area contributed by atoms with Crippen LogP contribution < -0.4 is 5.32 Å². The summed E-state index contributed by atoms with van der Waals surface area (Å²) in [6.45, 7) is -0.0720. The van der Waals surface area contributed by atoms with E-state index in [-0.39, 0.29) is 43.7 Å². The fourth-order valence-corrected chi connectivity index (χ4v) is 2.81. The summed E-state index contributed by atoms with van der Waals surface area (Å²) in [6, 6.07) is 13.9. The van der Waals surface area contributed by atoms with Gasteiger partial charge in [-0.05, 0) is 29.3 Å². The Balaban J connectivity index is 1.62. The molecule has 6 heteroatoms. The number of benzene rings is 2. The lowest BCUT2D eigenvalue weighted by molar-refractivity contribution is -0.128. The fraction of sp³-hybridized carbons (Fsp3) is 0.211. The maximum atomic E-state index is 12.4. The van der Waals surface area contributed by atoms with E-state index in [9.17, 15) is 14.4 Å². The number of nitrogens with one attached hydrogen (secondary N) is 1. The molecule has 6 nitrogen and oxygen atoms in total. The maximum Gasteiger partial charge on any atom is 0.260 e. The number of nitrogens with zero attached hydrogens (tertiary/aromatic N) is 1. The lowest BCUT2D eigenvalue weighted by Gasteiger charge is -2.26. The van der Waals surface area contributed by atoms with E-state index >= 15 is 0 Å². The molecule has 0 unspecified atom stereocenters. The van der Waals surface area contributed by atoms with Gasteiger partial charge in [0.2, 0.25) is 11.8 Å². The quantitative estimate of drug-likeness (QED) is 0.813. The van der Waals surface area contributed by atoms with E-state index in [1.165, 1.54) is 0 Å². The van der Waals surface area contributed by atoms with Gasteiger partial charge in [0.1, 0.15) is 0 Å². The van der Waals surface area contributed by atoms with Gasteiger partial charge in [-0.1, -0.05) is 30.3 Å². The van der Waals surface area contributed by atoms with Crippen LogP contribution in [-0.2, 0) is 22.6 Å². The minimum absolute atomic E-state index is 0.0169. The van der Waals surface area contributed by atoms with E-state index in [0.29, 0.717) is 16.8 Å². The van der Waals surface area contributed by atoms with Crippen LogP contribution in [0.3, 0.4) is 0 Å². The van der Waals surface area contributed by atoms with Gasteiger partial charge < -0.3 is 10.4 Å². The first-order valence-electron chi connectivity index (χ1n) is 8.00. The van der Waals surface area contributed by atoms with Crippen molar-refractivity contribution in [3.8, 4) is 0 Å². The Morgan fingerprint density at radius 3 is 2.72 bits per heavy atom. The molecule has 2 N–H and O–H groups in total. The third-order valence-electron chi connectivity index (χ3n) is 4.09. The van der Waals surface area contributed by atoms with Crippen LogP contribution in [-0.4, -0.2) is 34.3 Å². The lowest BCUT2D eigenvalue weighted by Crippen LogP contribution is -2.43. The first kappa shape index (κ1) is 16.9. The highest BCUT2D eigenvalue weighted by atomic mass is 16.3. The Kier molecular flexibility index (Phi) is 4.90. The Labute approximate surface area is 145 Å². The summed E-state index contributed by atoms with van der Waals surface area (Å²) >= 11 is 0. The Morgan fingerprint density at radius 2 is 1.92 bits per heavy atom. The summed E-state index contributed by atoms with van der Waals surface area (Å²) < 4.78 is 0. The normalized spacial score (nSPS) is 13.6. The van der Waals surface area contributed by atoms with Gasteiger partial charge in [-0.15, -0.1) is 0 Å². The van der Waals surface area contributed by atoms with Gasteiger partial charge in [0.25, 0.3) is 5.91 Å². The number of carbonyl (C=O) groups excluding carboxylic acids is 3. The van der Waals surface area contributed by atoms with Crippen molar-refractivity contribution in [2.45, 2.75) is 19.4 Å². The smallest absolute Gasteiger partial charge is 0.260 e. The zero-order chi connectivity index (χ0) is 17.8. The molecule has 3 rings (SSSR count). The molecule has 0 bridgehead atoms. The zero-order valence-corrected chi connectivity index (χ0v) is 13.6. The van der Waals surface area contributed by atoms with Gasteiger partial charge in [0.15, 0.2) is 0 Å². The van der Waals surface area contributed by atoms with Crippen LogP contribution in [0.2, 0.25) is 0 Å². The van der Waals surface area contributed by atoms with E-state index < -0.39 is 0 Å². The molecule has 1 aliphatic rings. The Bertz CT molecular complexity index is 832. The van der Waals surface area contributed by atoms with E-state index in [1.807, 2.05) is 0 Å². The van der Waals surface area contributed by atoms with Crippen LogP contribution in [0, 0.1) is 0 Å². The molecular weight excluding hydrogens is 320 g/mol. The molecule has 3 amide bonds. The minimum atomic E-state index is -0.359. The molecule has 0 aliphatic carbocycles. The number of rotatable bonds is 5. The van der Waals surface area contributed by atoms with Crippen molar-refractivity contribution in [1.82, 2.24) is 4.90 Å². The summed E-state index contributed by atoms with van der Waals surface area (Å²) in [6.07, 6.45) is 0.186. The van der Waals surface area contributed by atoms with Crippen LogP contribution in [0.25, 0.3) is 0 Å². The molecular formula is C19H18N2O4. The molecule has 128 valence electrons. The second kappa shape index (κ2) is 7.27. The predicted molar refractivity (Wildman–Crippen MR) is 91.8 cm³/mol. The molecule has 1 aliphatic heterocycles. The van der Waals surface area contributed by atoms with Crippen molar-refractivity contribution in [2.75, 3.05) is 11.9 Å². The second-order valence-electron chi connectivity index (χ2n) is 5.84. The number of imide groups is 1. The van der Waals surface area contributed by atoms with E-state index in [2.05, 4.69) is 5.32 Å². The van der Waals surface area contributed by atoms with Gasteiger partial charge in [-0.25, -0.2) is 0 Å². The Hall–Kier alpha value is -2.99. The van der Waals surface area contributed by atoms with E-state index in [0.717, 1.165) is 10.5 Å². The van der Waals surface area contributed by atoms with Crippen molar-refractivity contribution in [3.05, 3.63) is 65.2 Å². The summed E-state index contributed by atoms with van der Waals surface area (Å²) in [5, 5.41) is 11.8. The molecule has 0 radical (unpaired) electrons. The van der Waals surface area contributed by atoms with Crippen LogP contribution in [0.5, 0.6) is 0 Å². The van der Waals surface area contributed by atoms with Gasteiger partial charge in [-0.3, -0.25) is 19.3 Å². The molecule has 25 heavy (non-hydrogen) atoms. The van der Waals surface area contributed by atoms with Gasteiger partial charge in [0, 0.05) is 24.2 Å². The predicted octanol–water partition coefficient (Wildman–Crippen LogP) is 1.73. The molecule has 2 aromatic carbocycles. The maximum absolute atomic E-state index is 12.4. The fourth-order valence-electron chi connectivity index (χ4n) is 2.81. The van der Waals surface area contributed by atoms with E-state index in [4.69, 9.17) is 5.11 Å². The first-order chi connectivity index (χ1) is 12.1. The van der Waals surface area contributed by atoms with Crippen molar-refractivity contribution in [3.63, 3.8) is 0 Å². The highest BCUT2D eigenvalue weighted by molar-refractivity contribution is 6.10. The van der Waals surface area contributed by atoms with Crippen LogP contribution >= 0.6 is 0 Å². The van der Waals surface area contributed by atoms with Crippen LogP contribution in [0.15, 0.2) is 48.5 Å². The molecule has 0 atom stereocenters. The standard InChI is InChI=1S/C19H18N2O4/c22-12-13-4-3-6-15(10-13)20-17(23)8-9-21-18(24)11-14-5-1-2-7-16(14)19(21)25/h1-7,10,22H,8-9,11-12H2,(H,20,23). The average Bonchev–Trinajstić information content (AvgIpc) is 2.61. The number of carbonyl (C=O) groups is 3. The third kappa shape index (κ3) is 3.75. The van der Waals surface area contributed by atoms with Gasteiger partial charge in [0.05, 0.1) is 13.0 Å². The highest BCUT2D eigenvalue weighted by Gasteiger charge is 2.30. The molecule has 0 saturated heterocycles. The number of aliphatic hydroxyl groups is 1. The van der Waals surface area contributed by atoms with Crippen LogP contribution in [0.4, 0.5) is 5.69 Å². The molecule has 0 saturated carbocycles. The summed E-state index contributed by atoms with van der Waals surface area (Å²) in [5.41, 5.74) is 2.49. The van der Waals surface area contributed by atoms with Crippen molar-refractivity contribution < 1.29 is 19.5 Å². The van der Waals surface area contributed by atoms with E-state index in [1.54, 1.807) is 48.5 Å². The lowest BCUT2D eigenvalue weighted by atomic mass is 9.98. The largest absolute Gasteiger partial charge is 0.392 e. The Morgan fingerprint density at radius 1 is 1.12 bits per heavy atom. The summed E-state index contributed by atoms with van der Waals surface area (Å²) in [7, 11) is 0. The SMILES string of the molecule is O=C(CCN1C(=O)Cc2ccccc2C1=O)Nc1cccc(CO)c1. The van der Waals surface area contributed by atoms with Gasteiger partial charge >= 0.3 is 0 Å². The van der Waals surface area contributed by atoms with Crippen LogP contribution in [0.1, 0.15) is 27.9 Å². The highest BCUT2D eigenvalue weighted by Crippen LogP contribution is 2.20. The topological polar surface area (TPSA) is 86.7 Å². The number of aliphatic hydroxyl groups excluding tert-OH is 1. The first-order valence-corrected chi connectivity index (χ1v) is 8.00. The molecule has 0 fully saturated rings. The second-order valence-corrected chi connectivity index (χ2v) is 5.84. The number of hydrogen-bond acceptors (Lipinski definition) is 4. The summed E-state index contributed by atoms with van der Waals surface area (Å²) in [5.74, 6) is -0.949. The molecule has 0 aromatic heterocycles. The third-order valence-corrected chi connectivity index (χ3v) is 4.09.